The molecule has 3 aliphatic heterocycles. The van der Waals surface area contributed by atoms with Crippen LogP contribution < -0.4 is 4.90 Å². The van der Waals surface area contributed by atoms with E-state index in [0.29, 0.717) is 51.3 Å². The fourth-order valence-corrected chi connectivity index (χ4v) is 4.19. The van der Waals surface area contributed by atoms with E-state index < -0.39 is 12.1 Å². The van der Waals surface area contributed by atoms with Crippen LogP contribution in [-0.2, 0) is 14.3 Å². The quantitative estimate of drug-likeness (QED) is 0.698. The summed E-state index contributed by atoms with van der Waals surface area (Å²) >= 11 is 0. The van der Waals surface area contributed by atoms with Gasteiger partial charge in [-0.3, -0.25) is 9.59 Å². The molecule has 4 heterocycles. The highest BCUT2D eigenvalue weighted by Crippen LogP contribution is 2.35. The molecule has 4 rings (SSSR count). The number of pyridine rings is 1. The van der Waals surface area contributed by atoms with E-state index in [4.69, 9.17) is 4.74 Å². The third-order valence-electron chi connectivity index (χ3n) is 6.15. The highest BCUT2D eigenvalue weighted by molar-refractivity contribution is 5.77. The van der Waals surface area contributed by atoms with Crippen LogP contribution >= 0.6 is 0 Å². The van der Waals surface area contributed by atoms with Crippen LogP contribution in [0.5, 0.6) is 0 Å². The van der Waals surface area contributed by atoms with Gasteiger partial charge >= 0.3 is 12.1 Å². The zero-order valence-corrected chi connectivity index (χ0v) is 16.0. The van der Waals surface area contributed by atoms with Crippen LogP contribution in [0.4, 0.5) is 19.0 Å². The van der Waals surface area contributed by atoms with Gasteiger partial charge in [0.2, 0.25) is 5.91 Å². The SMILES string of the molecule is O=C1C[C@H](CCC(=O)N2CC(c3ccc(N4CCC(C(F)(F)F)C4)nc3)C2)CO1. The molecule has 3 aliphatic rings. The Balaban J connectivity index is 1.23. The molecule has 0 saturated carbocycles. The molecule has 1 amide bonds. The van der Waals surface area contributed by atoms with Crippen molar-refractivity contribution in [2.75, 3.05) is 37.7 Å². The van der Waals surface area contributed by atoms with Crippen molar-refractivity contribution in [3.63, 3.8) is 0 Å². The van der Waals surface area contributed by atoms with E-state index in [0.717, 1.165) is 5.56 Å². The predicted octanol–water partition coefficient (Wildman–Crippen LogP) is 2.74. The number of anilines is 1. The Hall–Kier alpha value is -2.32. The summed E-state index contributed by atoms with van der Waals surface area (Å²) in [5.41, 5.74) is 0.999. The van der Waals surface area contributed by atoms with Crippen LogP contribution in [0.3, 0.4) is 0 Å². The van der Waals surface area contributed by atoms with Crippen LogP contribution in [0.15, 0.2) is 18.3 Å². The molecule has 1 aromatic rings. The van der Waals surface area contributed by atoms with Crippen molar-refractivity contribution < 1.29 is 27.5 Å². The number of cyclic esters (lactones) is 1. The number of carbonyl (C=O) groups is 2. The van der Waals surface area contributed by atoms with Crippen LogP contribution in [-0.4, -0.2) is 60.7 Å². The van der Waals surface area contributed by atoms with Gasteiger partial charge in [-0.15, -0.1) is 0 Å². The molecule has 2 atom stereocenters. The normalized spacial score (nSPS) is 25.3. The summed E-state index contributed by atoms with van der Waals surface area (Å²) in [4.78, 5) is 31.2. The van der Waals surface area contributed by atoms with Crippen molar-refractivity contribution in [1.29, 1.82) is 0 Å². The van der Waals surface area contributed by atoms with Gasteiger partial charge in [-0.2, -0.15) is 13.2 Å². The Morgan fingerprint density at radius 2 is 2.03 bits per heavy atom. The average molecular weight is 411 g/mol. The maximum Gasteiger partial charge on any atom is 0.393 e. The number of hydrogen-bond acceptors (Lipinski definition) is 5. The number of esters is 1. The molecule has 1 unspecified atom stereocenters. The molecule has 1 aromatic heterocycles. The van der Waals surface area contributed by atoms with Crippen molar-refractivity contribution in [1.82, 2.24) is 9.88 Å². The number of carbonyl (C=O) groups excluding carboxylic acids is 2. The lowest BCUT2D eigenvalue weighted by molar-refractivity contribution is -0.168. The number of hydrogen-bond donors (Lipinski definition) is 0. The number of amides is 1. The molecule has 0 spiro atoms. The molecule has 0 bridgehead atoms. The van der Waals surface area contributed by atoms with Crippen molar-refractivity contribution >= 4 is 17.7 Å². The maximum atomic E-state index is 12.8. The zero-order valence-electron chi connectivity index (χ0n) is 16.0. The Bertz CT molecular complexity index is 762. The Morgan fingerprint density at radius 1 is 1.24 bits per heavy atom. The number of nitrogens with zero attached hydrogens (tertiary/aromatic N) is 3. The summed E-state index contributed by atoms with van der Waals surface area (Å²) in [6.07, 6.45) is -0.860. The number of aromatic nitrogens is 1. The fourth-order valence-electron chi connectivity index (χ4n) is 4.19. The number of alkyl halides is 3. The standard InChI is InChI=1S/C20H24F3N3O3/c21-20(22,23)16-5-6-25(11-16)17-3-2-14(8-24-17)15-9-26(10-15)18(27)4-1-13-7-19(28)29-12-13/h2-3,8,13,15-16H,1,4-7,9-12H2/t13-,16?/m0/s1. The molecule has 158 valence electrons. The molecule has 9 heteroatoms. The third kappa shape index (κ3) is 4.48. The Morgan fingerprint density at radius 3 is 2.62 bits per heavy atom. The van der Waals surface area contributed by atoms with E-state index in [9.17, 15) is 22.8 Å². The number of ether oxygens (including phenoxy) is 1. The summed E-state index contributed by atoms with van der Waals surface area (Å²) in [5.74, 6) is -0.475. The molecule has 0 N–H and O–H groups in total. The molecule has 0 aliphatic carbocycles. The first-order valence-electron chi connectivity index (χ1n) is 10.0. The molecule has 29 heavy (non-hydrogen) atoms. The smallest absolute Gasteiger partial charge is 0.393 e. The summed E-state index contributed by atoms with van der Waals surface area (Å²) in [5, 5.41) is 0. The van der Waals surface area contributed by atoms with E-state index in [2.05, 4.69) is 4.98 Å². The van der Waals surface area contributed by atoms with Crippen LogP contribution in [0.25, 0.3) is 0 Å². The van der Waals surface area contributed by atoms with E-state index in [1.54, 1.807) is 22.1 Å². The number of halogens is 3. The highest BCUT2D eigenvalue weighted by Gasteiger charge is 2.44. The van der Waals surface area contributed by atoms with Gasteiger partial charge in [-0.1, -0.05) is 6.07 Å². The zero-order chi connectivity index (χ0) is 20.6. The first kappa shape index (κ1) is 20.0. The third-order valence-corrected chi connectivity index (χ3v) is 6.15. The van der Waals surface area contributed by atoms with Crippen molar-refractivity contribution in [3.8, 4) is 0 Å². The molecule has 3 fully saturated rings. The fraction of sp³-hybridized carbons (Fsp3) is 0.650. The van der Waals surface area contributed by atoms with E-state index >= 15 is 0 Å². The van der Waals surface area contributed by atoms with E-state index in [-0.39, 0.29) is 36.7 Å². The first-order chi connectivity index (χ1) is 13.8. The van der Waals surface area contributed by atoms with Crippen molar-refractivity contribution in [3.05, 3.63) is 23.9 Å². The lowest BCUT2D eigenvalue weighted by Gasteiger charge is -2.39. The molecular weight excluding hydrogens is 387 g/mol. The van der Waals surface area contributed by atoms with Crippen LogP contribution in [0.2, 0.25) is 0 Å². The minimum absolute atomic E-state index is 0.0425. The Kier molecular flexibility index (Phi) is 5.40. The van der Waals surface area contributed by atoms with Gasteiger partial charge in [-0.25, -0.2) is 4.98 Å². The summed E-state index contributed by atoms with van der Waals surface area (Å²) < 4.78 is 43.4. The van der Waals surface area contributed by atoms with Crippen LogP contribution in [0, 0.1) is 11.8 Å². The predicted molar refractivity (Wildman–Crippen MR) is 98.2 cm³/mol. The van der Waals surface area contributed by atoms with E-state index in [1.807, 2.05) is 6.07 Å². The molecule has 3 saturated heterocycles. The Labute approximate surface area is 167 Å². The highest BCUT2D eigenvalue weighted by atomic mass is 19.4. The lowest BCUT2D eigenvalue weighted by atomic mass is 9.91. The lowest BCUT2D eigenvalue weighted by Crippen LogP contribution is -2.48. The molecule has 6 nitrogen and oxygen atoms in total. The largest absolute Gasteiger partial charge is 0.465 e. The van der Waals surface area contributed by atoms with Gasteiger partial charge in [0.15, 0.2) is 0 Å². The number of likely N-dealkylation sites (tertiary alicyclic amines) is 1. The van der Waals surface area contributed by atoms with Crippen molar-refractivity contribution in [2.24, 2.45) is 11.8 Å². The van der Waals surface area contributed by atoms with Crippen LogP contribution in [0.1, 0.15) is 37.2 Å². The van der Waals surface area contributed by atoms with Gasteiger partial charge in [0.05, 0.1) is 18.9 Å². The average Bonchev–Trinajstić information content (AvgIpc) is 3.28. The molecular formula is C20H24F3N3O3. The minimum atomic E-state index is -4.16. The van der Waals surface area contributed by atoms with E-state index in [1.165, 1.54) is 0 Å². The summed E-state index contributed by atoms with van der Waals surface area (Å²) in [7, 11) is 0. The number of rotatable bonds is 5. The summed E-state index contributed by atoms with van der Waals surface area (Å²) in [6.45, 7) is 1.98. The second kappa shape index (κ2) is 7.84. The topological polar surface area (TPSA) is 62.7 Å². The molecule has 0 radical (unpaired) electrons. The second-order valence-corrected chi connectivity index (χ2v) is 8.21. The molecule has 0 aromatic carbocycles. The first-order valence-corrected chi connectivity index (χ1v) is 10.0. The van der Waals surface area contributed by atoms with Gasteiger partial charge in [0, 0.05) is 50.6 Å². The second-order valence-electron chi connectivity index (χ2n) is 8.21. The van der Waals surface area contributed by atoms with Gasteiger partial charge < -0.3 is 14.5 Å². The van der Waals surface area contributed by atoms with Gasteiger partial charge in [0.25, 0.3) is 0 Å². The van der Waals surface area contributed by atoms with Gasteiger partial charge in [-0.05, 0) is 24.5 Å². The van der Waals surface area contributed by atoms with Crippen molar-refractivity contribution in [2.45, 2.75) is 37.8 Å². The maximum absolute atomic E-state index is 12.8. The summed E-state index contributed by atoms with van der Waals surface area (Å²) in [6, 6.07) is 3.67. The minimum Gasteiger partial charge on any atom is -0.465 e. The monoisotopic (exact) mass is 411 g/mol. The van der Waals surface area contributed by atoms with Gasteiger partial charge in [0.1, 0.15) is 5.82 Å².